The lowest BCUT2D eigenvalue weighted by Crippen LogP contribution is -2.03. The zero-order valence-corrected chi connectivity index (χ0v) is 8.25. The van der Waals surface area contributed by atoms with Crippen molar-refractivity contribution in [2.45, 2.75) is 12.3 Å². The van der Waals surface area contributed by atoms with E-state index in [2.05, 4.69) is 0 Å². The van der Waals surface area contributed by atoms with Crippen molar-refractivity contribution < 1.29 is 9.90 Å². The summed E-state index contributed by atoms with van der Waals surface area (Å²) in [5.41, 5.74) is 0.652. The van der Waals surface area contributed by atoms with Crippen molar-refractivity contribution in [1.82, 2.24) is 0 Å². The van der Waals surface area contributed by atoms with Crippen LogP contribution in [0, 0.1) is 11.3 Å². The van der Waals surface area contributed by atoms with Gasteiger partial charge in [0.15, 0.2) is 5.78 Å². The van der Waals surface area contributed by atoms with Crippen molar-refractivity contribution in [3.63, 3.8) is 0 Å². The summed E-state index contributed by atoms with van der Waals surface area (Å²) in [5, 5.41) is 17.0. The number of carbonyl (C=O) groups excluding carboxylic acids is 1. The molecular formula is C10H8ClNO2. The predicted molar refractivity (Wildman–Crippen MR) is 52.1 cm³/mol. The maximum atomic E-state index is 11.0. The highest BCUT2D eigenvalue weighted by atomic mass is 35.5. The van der Waals surface area contributed by atoms with E-state index in [1.165, 1.54) is 25.1 Å². The number of hydrogen-bond acceptors (Lipinski definition) is 3. The SMILES string of the molecule is CC(=O)C(Cl)c1ccc(O)cc1C#N. The Morgan fingerprint density at radius 2 is 2.29 bits per heavy atom. The number of Topliss-reactive ketones (excluding diaryl/α,β-unsaturated/α-hetero) is 1. The van der Waals surface area contributed by atoms with Crippen molar-refractivity contribution in [3.8, 4) is 11.8 Å². The first-order valence-electron chi connectivity index (χ1n) is 3.93. The lowest BCUT2D eigenvalue weighted by Gasteiger charge is -2.07. The Morgan fingerprint density at radius 3 is 2.79 bits per heavy atom. The smallest absolute Gasteiger partial charge is 0.152 e. The molecule has 0 saturated heterocycles. The van der Waals surface area contributed by atoms with E-state index in [9.17, 15) is 4.79 Å². The first kappa shape index (κ1) is 10.6. The number of carbonyl (C=O) groups is 1. The Kier molecular flexibility index (Phi) is 3.10. The summed E-state index contributed by atoms with van der Waals surface area (Å²) < 4.78 is 0. The van der Waals surface area contributed by atoms with Crippen LogP contribution in [-0.4, -0.2) is 10.9 Å². The average molecular weight is 210 g/mol. The van der Waals surface area contributed by atoms with Crippen LogP contribution in [0.2, 0.25) is 0 Å². The van der Waals surface area contributed by atoms with E-state index in [1.54, 1.807) is 0 Å². The molecular weight excluding hydrogens is 202 g/mol. The van der Waals surface area contributed by atoms with Gasteiger partial charge < -0.3 is 5.11 Å². The third-order valence-electron chi connectivity index (χ3n) is 1.79. The van der Waals surface area contributed by atoms with Crippen LogP contribution in [0.5, 0.6) is 5.75 Å². The summed E-state index contributed by atoms with van der Waals surface area (Å²) in [4.78, 5) is 11.0. The van der Waals surface area contributed by atoms with Gasteiger partial charge in [0, 0.05) is 0 Å². The van der Waals surface area contributed by atoms with E-state index in [1.807, 2.05) is 6.07 Å². The first-order chi connectivity index (χ1) is 6.56. The van der Waals surface area contributed by atoms with Gasteiger partial charge in [-0.15, -0.1) is 11.6 Å². The summed E-state index contributed by atoms with van der Waals surface area (Å²) in [7, 11) is 0. The van der Waals surface area contributed by atoms with Crippen molar-refractivity contribution in [2.75, 3.05) is 0 Å². The first-order valence-corrected chi connectivity index (χ1v) is 4.37. The number of rotatable bonds is 2. The molecule has 1 aromatic carbocycles. The van der Waals surface area contributed by atoms with Crippen molar-refractivity contribution in [2.24, 2.45) is 0 Å². The summed E-state index contributed by atoms with van der Waals surface area (Å²) in [6.45, 7) is 1.35. The predicted octanol–water partition coefficient (Wildman–Crippen LogP) is 2.13. The molecule has 1 atom stereocenters. The van der Waals surface area contributed by atoms with Crippen LogP contribution in [0.1, 0.15) is 23.4 Å². The molecule has 0 radical (unpaired) electrons. The number of phenolic OH excluding ortho intramolecular Hbond substituents is 1. The van der Waals surface area contributed by atoms with Crippen LogP contribution in [0.3, 0.4) is 0 Å². The largest absolute Gasteiger partial charge is 0.508 e. The van der Waals surface area contributed by atoms with E-state index >= 15 is 0 Å². The Morgan fingerprint density at radius 1 is 1.64 bits per heavy atom. The Labute approximate surface area is 86.5 Å². The molecule has 72 valence electrons. The van der Waals surface area contributed by atoms with Crippen LogP contribution < -0.4 is 0 Å². The molecule has 0 amide bonds. The second-order valence-corrected chi connectivity index (χ2v) is 3.29. The van der Waals surface area contributed by atoms with Crippen LogP contribution in [0.4, 0.5) is 0 Å². The van der Waals surface area contributed by atoms with E-state index in [0.717, 1.165) is 0 Å². The fourth-order valence-electron chi connectivity index (χ4n) is 1.08. The maximum absolute atomic E-state index is 11.0. The van der Waals surface area contributed by atoms with Crippen LogP contribution in [0.15, 0.2) is 18.2 Å². The second kappa shape index (κ2) is 4.12. The number of alkyl halides is 1. The number of phenols is 1. The minimum Gasteiger partial charge on any atom is -0.508 e. The van der Waals surface area contributed by atoms with Gasteiger partial charge in [0.2, 0.25) is 0 Å². The number of aromatic hydroxyl groups is 1. The zero-order valence-electron chi connectivity index (χ0n) is 7.49. The van der Waals surface area contributed by atoms with Crippen LogP contribution in [0.25, 0.3) is 0 Å². The summed E-state index contributed by atoms with van der Waals surface area (Å²) in [6, 6.07) is 6.04. The molecule has 4 heteroatoms. The van der Waals surface area contributed by atoms with E-state index in [4.69, 9.17) is 22.0 Å². The van der Waals surface area contributed by atoms with Gasteiger partial charge in [-0.2, -0.15) is 5.26 Å². The molecule has 0 aromatic heterocycles. The van der Waals surface area contributed by atoms with Crippen molar-refractivity contribution in [3.05, 3.63) is 29.3 Å². The monoisotopic (exact) mass is 209 g/mol. The van der Waals surface area contributed by atoms with Gasteiger partial charge in [0.1, 0.15) is 11.1 Å². The molecule has 0 bridgehead atoms. The highest BCUT2D eigenvalue weighted by molar-refractivity contribution is 6.31. The Balaban J connectivity index is 3.22. The zero-order chi connectivity index (χ0) is 10.7. The number of nitriles is 1. The average Bonchev–Trinajstić information content (AvgIpc) is 2.16. The Bertz CT molecular complexity index is 409. The molecule has 0 spiro atoms. The van der Waals surface area contributed by atoms with Gasteiger partial charge in [0.25, 0.3) is 0 Å². The third-order valence-corrected chi connectivity index (χ3v) is 2.33. The molecule has 1 unspecified atom stereocenters. The van der Waals surface area contributed by atoms with Gasteiger partial charge >= 0.3 is 0 Å². The standard InChI is InChI=1S/C10H8ClNO2/c1-6(13)10(11)9-3-2-8(14)4-7(9)5-12/h2-4,10,14H,1H3. The lowest BCUT2D eigenvalue weighted by molar-refractivity contribution is -0.116. The van der Waals surface area contributed by atoms with E-state index < -0.39 is 5.38 Å². The quantitative estimate of drug-likeness (QED) is 0.759. The lowest BCUT2D eigenvalue weighted by atomic mass is 10.0. The molecule has 0 heterocycles. The minimum atomic E-state index is -0.828. The fourth-order valence-corrected chi connectivity index (χ4v) is 1.27. The summed E-state index contributed by atoms with van der Waals surface area (Å²) >= 11 is 5.80. The normalized spacial score (nSPS) is 11.8. The number of hydrogen-bond donors (Lipinski definition) is 1. The molecule has 1 N–H and O–H groups in total. The molecule has 0 fully saturated rings. The van der Waals surface area contributed by atoms with Gasteiger partial charge in [-0.3, -0.25) is 4.79 Å². The van der Waals surface area contributed by atoms with Crippen LogP contribution in [-0.2, 0) is 4.79 Å². The Hall–Kier alpha value is -1.53. The van der Waals surface area contributed by atoms with Crippen molar-refractivity contribution >= 4 is 17.4 Å². The van der Waals surface area contributed by atoms with Gasteiger partial charge in [-0.05, 0) is 24.6 Å². The highest BCUT2D eigenvalue weighted by Gasteiger charge is 2.17. The molecule has 14 heavy (non-hydrogen) atoms. The summed E-state index contributed by atoms with van der Waals surface area (Å²) in [6.07, 6.45) is 0. The van der Waals surface area contributed by atoms with Crippen LogP contribution >= 0.6 is 11.6 Å². The number of nitrogens with zero attached hydrogens (tertiary/aromatic N) is 1. The molecule has 0 saturated carbocycles. The van der Waals surface area contributed by atoms with Gasteiger partial charge in [0.05, 0.1) is 11.6 Å². The maximum Gasteiger partial charge on any atom is 0.152 e. The number of ketones is 1. The van der Waals surface area contributed by atoms with E-state index in [0.29, 0.717) is 5.56 Å². The van der Waals surface area contributed by atoms with Gasteiger partial charge in [-0.25, -0.2) is 0 Å². The van der Waals surface area contributed by atoms with Gasteiger partial charge in [-0.1, -0.05) is 6.07 Å². The number of benzene rings is 1. The molecule has 0 aliphatic rings. The third kappa shape index (κ3) is 2.04. The number of halogens is 1. The molecule has 1 aromatic rings. The van der Waals surface area contributed by atoms with Crippen molar-refractivity contribution in [1.29, 1.82) is 5.26 Å². The molecule has 0 aliphatic carbocycles. The minimum absolute atomic E-state index is 0.0160. The fraction of sp³-hybridized carbons (Fsp3) is 0.200. The molecule has 0 aliphatic heterocycles. The topological polar surface area (TPSA) is 61.1 Å². The summed E-state index contributed by atoms with van der Waals surface area (Å²) in [5.74, 6) is -0.244. The highest BCUT2D eigenvalue weighted by Crippen LogP contribution is 2.27. The molecule has 3 nitrogen and oxygen atoms in total. The molecule has 1 rings (SSSR count). The van der Waals surface area contributed by atoms with E-state index in [-0.39, 0.29) is 17.1 Å². The second-order valence-electron chi connectivity index (χ2n) is 2.86.